The summed E-state index contributed by atoms with van der Waals surface area (Å²) in [7, 11) is 0. The van der Waals surface area contributed by atoms with Crippen LogP contribution in [-0.4, -0.2) is 76.4 Å². The number of hydrogen-bond donors (Lipinski definition) is 1. The van der Waals surface area contributed by atoms with Gasteiger partial charge in [-0.05, 0) is 57.7 Å². The Labute approximate surface area is 218 Å². The molecule has 3 aromatic rings. The monoisotopic (exact) mass is 503 g/mol. The summed E-state index contributed by atoms with van der Waals surface area (Å²) in [5, 5.41) is 3.66. The number of nitrogens with one attached hydrogen (secondary N) is 1. The van der Waals surface area contributed by atoms with E-state index in [4.69, 9.17) is 9.47 Å². The molecule has 0 bridgehead atoms. The van der Waals surface area contributed by atoms with Gasteiger partial charge in [0.15, 0.2) is 0 Å². The maximum Gasteiger partial charge on any atom is 0.149 e. The van der Waals surface area contributed by atoms with E-state index in [2.05, 4.69) is 53.3 Å². The van der Waals surface area contributed by atoms with Gasteiger partial charge in [0.1, 0.15) is 23.4 Å². The number of anilines is 2. The van der Waals surface area contributed by atoms with E-state index >= 15 is 0 Å². The number of fused-ring (bicyclic) bond motifs is 1. The lowest BCUT2D eigenvalue weighted by atomic mass is 9.93. The molecule has 0 unspecified atom stereocenters. The Kier molecular flexibility index (Phi) is 7.60. The van der Waals surface area contributed by atoms with Crippen molar-refractivity contribution in [3.63, 3.8) is 0 Å². The van der Waals surface area contributed by atoms with Crippen LogP contribution in [0.1, 0.15) is 50.6 Å². The van der Waals surface area contributed by atoms with Gasteiger partial charge in [-0.3, -0.25) is 9.88 Å². The van der Waals surface area contributed by atoms with E-state index in [9.17, 15) is 0 Å². The minimum Gasteiger partial charge on any atom is -0.488 e. The van der Waals surface area contributed by atoms with Crippen LogP contribution in [0.15, 0.2) is 36.9 Å². The first kappa shape index (κ1) is 24.3. The maximum absolute atomic E-state index is 6.58. The van der Waals surface area contributed by atoms with Crippen LogP contribution in [0.3, 0.4) is 0 Å². The molecule has 1 aliphatic carbocycles. The quantitative estimate of drug-likeness (QED) is 0.513. The van der Waals surface area contributed by atoms with Crippen molar-refractivity contribution in [1.29, 1.82) is 0 Å². The first-order chi connectivity index (χ1) is 18.3. The summed E-state index contributed by atoms with van der Waals surface area (Å²) < 4.78 is 12.1. The molecule has 3 fully saturated rings. The van der Waals surface area contributed by atoms with E-state index in [1.54, 1.807) is 18.7 Å². The third-order valence-electron chi connectivity index (χ3n) is 7.78. The second kappa shape index (κ2) is 11.6. The van der Waals surface area contributed by atoms with Gasteiger partial charge >= 0.3 is 0 Å². The SMILES string of the molecule is c1nc(CN2CCCCC2)cc(N[C@H]2CC[C@@H](Oc3cc(N4CCOCC4)cc4nccnc34)CC2)n1. The van der Waals surface area contributed by atoms with E-state index in [-0.39, 0.29) is 6.10 Å². The van der Waals surface area contributed by atoms with Crippen LogP contribution in [0, 0.1) is 0 Å². The topological polar surface area (TPSA) is 88.5 Å². The molecule has 9 nitrogen and oxygen atoms in total. The third-order valence-corrected chi connectivity index (χ3v) is 7.78. The van der Waals surface area contributed by atoms with Gasteiger partial charge in [-0.15, -0.1) is 0 Å². The molecule has 2 aliphatic heterocycles. The molecule has 1 saturated carbocycles. The molecule has 0 atom stereocenters. The minimum atomic E-state index is 0.170. The van der Waals surface area contributed by atoms with Gasteiger partial charge in [0, 0.05) is 55.9 Å². The van der Waals surface area contributed by atoms with Crippen LogP contribution in [0.2, 0.25) is 0 Å². The fraction of sp³-hybridized carbons (Fsp3) is 0.571. The highest BCUT2D eigenvalue weighted by molar-refractivity contribution is 5.85. The second-order valence-electron chi connectivity index (χ2n) is 10.4. The largest absolute Gasteiger partial charge is 0.488 e. The Morgan fingerprint density at radius 2 is 1.68 bits per heavy atom. The van der Waals surface area contributed by atoms with Crippen molar-refractivity contribution < 1.29 is 9.47 Å². The smallest absolute Gasteiger partial charge is 0.149 e. The highest BCUT2D eigenvalue weighted by Crippen LogP contribution is 2.33. The molecule has 6 rings (SSSR count). The van der Waals surface area contributed by atoms with Crippen molar-refractivity contribution in [2.75, 3.05) is 49.6 Å². The fourth-order valence-corrected chi connectivity index (χ4v) is 5.75. The van der Waals surface area contributed by atoms with Gasteiger partial charge in [0.2, 0.25) is 0 Å². The number of morpholine rings is 1. The number of hydrogen-bond acceptors (Lipinski definition) is 9. The molecule has 0 spiro atoms. The number of nitrogens with zero attached hydrogens (tertiary/aromatic N) is 6. The van der Waals surface area contributed by atoms with Crippen LogP contribution in [0.5, 0.6) is 5.75 Å². The van der Waals surface area contributed by atoms with Crippen molar-refractivity contribution in [3.8, 4) is 5.75 Å². The molecule has 3 aliphatic rings. The number of rotatable bonds is 7. The van der Waals surface area contributed by atoms with Gasteiger partial charge in [-0.2, -0.15) is 0 Å². The first-order valence-electron chi connectivity index (χ1n) is 13.8. The van der Waals surface area contributed by atoms with Crippen LogP contribution < -0.4 is 15.0 Å². The van der Waals surface area contributed by atoms with E-state index in [0.717, 1.165) is 92.5 Å². The average Bonchev–Trinajstić information content (AvgIpc) is 2.95. The maximum atomic E-state index is 6.58. The first-order valence-corrected chi connectivity index (χ1v) is 13.8. The van der Waals surface area contributed by atoms with E-state index in [1.165, 1.54) is 32.4 Å². The molecule has 1 N–H and O–H groups in total. The molecular weight excluding hydrogens is 466 g/mol. The van der Waals surface area contributed by atoms with Gasteiger partial charge in [-0.25, -0.2) is 15.0 Å². The van der Waals surface area contributed by atoms with Crippen molar-refractivity contribution >= 4 is 22.5 Å². The molecule has 0 amide bonds. The van der Waals surface area contributed by atoms with Crippen molar-refractivity contribution in [2.45, 2.75) is 63.6 Å². The minimum absolute atomic E-state index is 0.170. The lowest BCUT2D eigenvalue weighted by molar-refractivity contribution is 0.122. The summed E-state index contributed by atoms with van der Waals surface area (Å²) in [4.78, 5) is 23.0. The molecule has 9 heteroatoms. The molecule has 0 radical (unpaired) electrons. The predicted molar refractivity (Wildman–Crippen MR) is 144 cm³/mol. The van der Waals surface area contributed by atoms with E-state index in [0.29, 0.717) is 6.04 Å². The van der Waals surface area contributed by atoms with Gasteiger partial charge < -0.3 is 19.7 Å². The normalized spacial score (nSPS) is 23.2. The molecule has 37 heavy (non-hydrogen) atoms. The third kappa shape index (κ3) is 6.10. The standard InChI is InChI=1S/C28H37N7O2/c1-2-10-34(11-3-1)19-22-16-27(32-20-31-22)33-21-4-6-24(7-5-21)37-26-18-23(35-12-14-36-15-13-35)17-25-28(26)30-9-8-29-25/h8-9,16-18,20-21,24H,1-7,10-15,19H2,(H,31,32,33)/t21-,24+. The molecule has 2 saturated heterocycles. The van der Waals surface area contributed by atoms with Crippen LogP contribution in [0.4, 0.5) is 11.5 Å². The zero-order chi connectivity index (χ0) is 24.9. The number of benzene rings is 1. The summed E-state index contributed by atoms with van der Waals surface area (Å²) in [5.41, 5.74) is 3.94. The van der Waals surface area contributed by atoms with Crippen molar-refractivity contribution in [3.05, 3.63) is 42.6 Å². The Morgan fingerprint density at radius 3 is 2.51 bits per heavy atom. The number of likely N-dealkylation sites (tertiary alicyclic amines) is 1. The Balaban J connectivity index is 1.07. The molecule has 196 valence electrons. The number of ether oxygens (including phenoxy) is 2. The van der Waals surface area contributed by atoms with Gasteiger partial charge in [-0.1, -0.05) is 6.42 Å². The van der Waals surface area contributed by atoms with Crippen molar-refractivity contribution in [1.82, 2.24) is 24.8 Å². The van der Waals surface area contributed by atoms with Gasteiger partial charge in [0.05, 0.1) is 30.5 Å². The zero-order valence-electron chi connectivity index (χ0n) is 21.5. The summed E-state index contributed by atoms with van der Waals surface area (Å²) >= 11 is 0. The Hall–Kier alpha value is -3.04. The Bertz CT molecular complexity index is 1170. The lowest BCUT2D eigenvalue weighted by Gasteiger charge is -2.31. The highest BCUT2D eigenvalue weighted by Gasteiger charge is 2.25. The van der Waals surface area contributed by atoms with Crippen LogP contribution in [0.25, 0.3) is 11.0 Å². The Morgan fingerprint density at radius 1 is 0.865 bits per heavy atom. The lowest BCUT2D eigenvalue weighted by Crippen LogP contribution is -2.36. The predicted octanol–water partition coefficient (Wildman–Crippen LogP) is 4.04. The summed E-state index contributed by atoms with van der Waals surface area (Å²) in [6.45, 7) is 6.52. The average molecular weight is 504 g/mol. The second-order valence-corrected chi connectivity index (χ2v) is 10.4. The summed E-state index contributed by atoms with van der Waals surface area (Å²) in [5.74, 6) is 1.77. The molecule has 1 aromatic carbocycles. The molecule has 2 aromatic heterocycles. The number of piperidine rings is 1. The highest BCUT2D eigenvalue weighted by atomic mass is 16.5. The van der Waals surface area contributed by atoms with Crippen LogP contribution in [-0.2, 0) is 11.3 Å². The summed E-state index contributed by atoms with van der Waals surface area (Å²) in [6.07, 6.45) is 13.4. The van der Waals surface area contributed by atoms with Crippen molar-refractivity contribution in [2.24, 2.45) is 0 Å². The zero-order valence-corrected chi connectivity index (χ0v) is 21.5. The van der Waals surface area contributed by atoms with Crippen LogP contribution >= 0.6 is 0 Å². The molecular formula is C28H37N7O2. The van der Waals surface area contributed by atoms with E-state index < -0.39 is 0 Å². The fourth-order valence-electron chi connectivity index (χ4n) is 5.75. The number of aromatic nitrogens is 4. The summed E-state index contributed by atoms with van der Waals surface area (Å²) in [6, 6.07) is 6.77. The van der Waals surface area contributed by atoms with Gasteiger partial charge in [0.25, 0.3) is 0 Å². The van der Waals surface area contributed by atoms with E-state index in [1.807, 2.05) is 0 Å². The molecule has 4 heterocycles.